The van der Waals surface area contributed by atoms with Crippen LogP contribution in [0, 0.1) is 0 Å². The molecule has 0 unspecified atom stereocenters. The zero-order chi connectivity index (χ0) is 17.5. The summed E-state index contributed by atoms with van der Waals surface area (Å²) in [6.45, 7) is 1.84. The second-order valence-electron chi connectivity index (χ2n) is 5.49. The van der Waals surface area contributed by atoms with Gasteiger partial charge in [0, 0.05) is 28.9 Å². The van der Waals surface area contributed by atoms with Crippen molar-refractivity contribution in [3.8, 4) is 5.75 Å². The van der Waals surface area contributed by atoms with Crippen molar-refractivity contribution in [3.63, 3.8) is 0 Å². The van der Waals surface area contributed by atoms with E-state index in [1.54, 1.807) is 19.4 Å². The number of para-hydroxylation sites is 3. The molecule has 0 saturated heterocycles. The highest BCUT2D eigenvalue weighted by molar-refractivity contribution is 7.84. The van der Waals surface area contributed by atoms with Crippen LogP contribution in [0.3, 0.4) is 0 Å². The summed E-state index contributed by atoms with van der Waals surface area (Å²) < 4.78 is 16.6. The van der Waals surface area contributed by atoms with Crippen molar-refractivity contribution >= 4 is 28.1 Å². The van der Waals surface area contributed by atoms with E-state index in [-0.39, 0.29) is 11.9 Å². The van der Waals surface area contributed by atoms with Gasteiger partial charge < -0.3 is 15.4 Å². The van der Waals surface area contributed by atoms with E-state index < -0.39 is 10.8 Å². The Balaban J connectivity index is 2.21. The second-order valence-corrected chi connectivity index (χ2v) is 6.96. The number of hydrogen-bond donors (Lipinski definition) is 2. The molecule has 0 aliphatic rings. The summed E-state index contributed by atoms with van der Waals surface area (Å²) in [5.74, 6) is 0.918. The van der Waals surface area contributed by atoms with Gasteiger partial charge in [0.15, 0.2) is 0 Å². The zero-order valence-corrected chi connectivity index (χ0v) is 14.9. The lowest BCUT2D eigenvalue weighted by molar-refractivity contribution is 0.0944. The number of amides is 1. The summed E-state index contributed by atoms with van der Waals surface area (Å²) in [5.41, 5.74) is 1.99. The molecule has 0 bridgehead atoms. The maximum atomic E-state index is 12.5. The van der Waals surface area contributed by atoms with E-state index >= 15 is 0 Å². The Kier molecular flexibility index (Phi) is 6.37. The maximum Gasteiger partial charge on any atom is 0.253 e. The van der Waals surface area contributed by atoms with Gasteiger partial charge in [0.2, 0.25) is 0 Å². The van der Waals surface area contributed by atoms with Crippen LogP contribution in [0.1, 0.15) is 17.3 Å². The van der Waals surface area contributed by atoms with Crippen molar-refractivity contribution in [2.75, 3.05) is 24.4 Å². The molecule has 2 aromatic carbocycles. The molecule has 0 heterocycles. The third-order valence-corrected chi connectivity index (χ3v) is 4.38. The number of methoxy groups -OCH3 is 1. The molecule has 2 rings (SSSR count). The minimum absolute atomic E-state index is 0.164. The number of ether oxygens (including phenoxy) is 1. The van der Waals surface area contributed by atoms with Crippen molar-refractivity contribution in [1.82, 2.24) is 5.32 Å². The summed E-state index contributed by atoms with van der Waals surface area (Å²) in [5, 5.41) is 6.12. The van der Waals surface area contributed by atoms with Gasteiger partial charge in [0.05, 0.1) is 24.0 Å². The molecule has 2 N–H and O–H groups in total. The molecule has 0 aliphatic carbocycles. The fourth-order valence-corrected chi connectivity index (χ4v) is 3.17. The van der Waals surface area contributed by atoms with Gasteiger partial charge in [0.25, 0.3) is 5.91 Å². The summed E-state index contributed by atoms with van der Waals surface area (Å²) in [6, 6.07) is 14.6. The molecule has 0 radical (unpaired) electrons. The van der Waals surface area contributed by atoms with Crippen molar-refractivity contribution in [2.45, 2.75) is 13.0 Å². The first-order chi connectivity index (χ1) is 11.5. The molecule has 128 valence electrons. The Morgan fingerprint density at radius 1 is 1.12 bits per heavy atom. The molecule has 0 aliphatic heterocycles. The molecule has 0 saturated carbocycles. The first-order valence-electron chi connectivity index (χ1n) is 7.61. The lowest BCUT2D eigenvalue weighted by atomic mass is 10.1. The number of anilines is 2. The summed E-state index contributed by atoms with van der Waals surface area (Å²) >= 11 is 0. The average molecular weight is 346 g/mol. The van der Waals surface area contributed by atoms with Crippen molar-refractivity contribution in [1.29, 1.82) is 0 Å². The van der Waals surface area contributed by atoms with E-state index in [0.29, 0.717) is 22.8 Å². The molecular formula is C18H22N2O3S. The van der Waals surface area contributed by atoms with Crippen LogP contribution in [0.15, 0.2) is 48.5 Å². The van der Waals surface area contributed by atoms with Crippen LogP contribution >= 0.6 is 0 Å². The van der Waals surface area contributed by atoms with E-state index in [1.807, 2.05) is 49.4 Å². The van der Waals surface area contributed by atoms with Gasteiger partial charge in [0.1, 0.15) is 5.75 Å². The fraction of sp³-hybridized carbons (Fsp3) is 0.278. The molecule has 1 amide bonds. The quantitative estimate of drug-likeness (QED) is 0.809. The molecule has 2 atom stereocenters. The Labute approximate surface area is 144 Å². The van der Waals surface area contributed by atoms with Crippen LogP contribution in [0.25, 0.3) is 0 Å². The van der Waals surface area contributed by atoms with E-state index in [0.717, 1.165) is 5.69 Å². The highest BCUT2D eigenvalue weighted by Gasteiger charge is 2.15. The number of rotatable bonds is 7. The van der Waals surface area contributed by atoms with Gasteiger partial charge in [-0.3, -0.25) is 9.00 Å². The number of carbonyl (C=O) groups excluding carboxylic acids is 1. The van der Waals surface area contributed by atoms with Crippen molar-refractivity contribution < 1.29 is 13.7 Å². The van der Waals surface area contributed by atoms with Gasteiger partial charge >= 0.3 is 0 Å². The average Bonchev–Trinajstić information content (AvgIpc) is 2.55. The third kappa shape index (κ3) is 4.83. The largest absolute Gasteiger partial charge is 0.495 e. The molecular weight excluding hydrogens is 324 g/mol. The zero-order valence-electron chi connectivity index (χ0n) is 14.0. The molecule has 0 fully saturated rings. The second kappa shape index (κ2) is 8.49. The van der Waals surface area contributed by atoms with Gasteiger partial charge in [-0.1, -0.05) is 24.3 Å². The van der Waals surface area contributed by atoms with E-state index in [9.17, 15) is 9.00 Å². The Morgan fingerprint density at radius 3 is 2.42 bits per heavy atom. The standard InChI is InChI=1S/C18H22N2O3S/c1-13(12-24(3)22)19-18(21)14-8-4-5-9-15(14)20-16-10-6-7-11-17(16)23-2/h4-11,13,20H,12H2,1-3H3,(H,19,21)/t13-,24-/m1/s1. The monoisotopic (exact) mass is 346 g/mol. The molecule has 2 aromatic rings. The summed E-state index contributed by atoms with van der Waals surface area (Å²) in [6.07, 6.45) is 1.62. The van der Waals surface area contributed by atoms with E-state index in [2.05, 4.69) is 10.6 Å². The lowest BCUT2D eigenvalue weighted by Gasteiger charge is -2.16. The van der Waals surface area contributed by atoms with Crippen LogP contribution in [0.2, 0.25) is 0 Å². The highest BCUT2D eigenvalue weighted by Crippen LogP contribution is 2.28. The fourth-order valence-electron chi connectivity index (χ4n) is 2.38. The Hall–Kier alpha value is -2.34. The van der Waals surface area contributed by atoms with Crippen molar-refractivity contribution in [3.05, 3.63) is 54.1 Å². The number of carbonyl (C=O) groups is 1. The van der Waals surface area contributed by atoms with Crippen LogP contribution in [0.5, 0.6) is 5.75 Å². The van der Waals surface area contributed by atoms with Gasteiger partial charge in [-0.05, 0) is 31.2 Å². The Morgan fingerprint density at radius 2 is 1.75 bits per heavy atom. The minimum atomic E-state index is -0.957. The van der Waals surface area contributed by atoms with Gasteiger partial charge in [-0.2, -0.15) is 0 Å². The number of benzene rings is 2. The van der Waals surface area contributed by atoms with Crippen molar-refractivity contribution in [2.24, 2.45) is 0 Å². The Bertz CT molecular complexity index is 734. The van der Waals surface area contributed by atoms with Gasteiger partial charge in [-0.25, -0.2) is 0 Å². The number of nitrogens with one attached hydrogen (secondary N) is 2. The van der Waals surface area contributed by atoms with E-state index in [4.69, 9.17) is 4.74 Å². The third-order valence-electron chi connectivity index (χ3n) is 3.41. The SMILES string of the molecule is COc1ccccc1Nc1ccccc1C(=O)N[C@H](C)C[S@@](C)=O. The molecule has 5 nitrogen and oxygen atoms in total. The topological polar surface area (TPSA) is 67.4 Å². The van der Waals surface area contributed by atoms with Crippen LogP contribution in [0.4, 0.5) is 11.4 Å². The molecule has 0 spiro atoms. The first-order valence-corrected chi connectivity index (χ1v) is 9.34. The normalized spacial score (nSPS) is 13.0. The number of hydrogen-bond acceptors (Lipinski definition) is 4. The molecule has 6 heteroatoms. The molecule has 0 aromatic heterocycles. The first kappa shape index (κ1) is 18.0. The summed E-state index contributed by atoms with van der Waals surface area (Å²) in [4.78, 5) is 12.5. The van der Waals surface area contributed by atoms with Crippen LogP contribution < -0.4 is 15.4 Å². The lowest BCUT2D eigenvalue weighted by Crippen LogP contribution is -2.36. The summed E-state index contributed by atoms with van der Waals surface area (Å²) in [7, 11) is 0.646. The van der Waals surface area contributed by atoms with E-state index in [1.165, 1.54) is 0 Å². The minimum Gasteiger partial charge on any atom is -0.495 e. The molecule has 24 heavy (non-hydrogen) atoms. The van der Waals surface area contributed by atoms with Crippen LogP contribution in [-0.2, 0) is 10.8 Å². The van der Waals surface area contributed by atoms with Crippen LogP contribution in [-0.4, -0.2) is 35.3 Å². The maximum absolute atomic E-state index is 12.5. The predicted octanol–water partition coefficient (Wildman–Crippen LogP) is 2.94. The highest BCUT2D eigenvalue weighted by atomic mass is 32.2. The smallest absolute Gasteiger partial charge is 0.253 e. The van der Waals surface area contributed by atoms with Gasteiger partial charge in [-0.15, -0.1) is 0 Å². The predicted molar refractivity (Wildman–Crippen MR) is 98.6 cm³/mol.